The van der Waals surface area contributed by atoms with Gasteiger partial charge in [0.2, 0.25) is 5.88 Å². The van der Waals surface area contributed by atoms with Gasteiger partial charge in [-0.3, -0.25) is 4.98 Å². The molecule has 0 atom stereocenters. The fraction of sp³-hybridized carbons (Fsp3) is 0.286. The molecule has 0 aliphatic carbocycles. The molecule has 0 bridgehead atoms. The highest BCUT2D eigenvalue weighted by molar-refractivity contribution is 9.10. The van der Waals surface area contributed by atoms with Crippen molar-refractivity contribution in [2.24, 2.45) is 0 Å². The molecule has 0 aromatic carbocycles. The van der Waals surface area contributed by atoms with Crippen LogP contribution < -0.4 is 10.1 Å². The van der Waals surface area contributed by atoms with Crippen LogP contribution in [-0.2, 0) is 6.54 Å². The van der Waals surface area contributed by atoms with Crippen LogP contribution in [0.25, 0.3) is 0 Å². The smallest absolute Gasteiger partial charge is 0.213 e. The van der Waals surface area contributed by atoms with Crippen LogP contribution in [0.15, 0.2) is 41.3 Å². The van der Waals surface area contributed by atoms with Gasteiger partial charge in [-0.05, 0) is 41.4 Å². The van der Waals surface area contributed by atoms with Crippen molar-refractivity contribution in [2.45, 2.75) is 26.5 Å². The largest absolute Gasteiger partial charge is 0.475 e. The molecule has 0 saturated heterocycles. The number of anilines is 1. The Morgan fingerprint density at radius 2 is 2.11 bits per heavy atom. The van der Waals surface area contributed by atoms with E-state index in [2.05, 4.69) is 31.2 Å². The van der Waals surface area contributed by atoms with Crippen LogP contribution in [0.4, 0.5) is 5.69 Å². The molecule has 4 nitrogen and oxygen atoms in total. The summed E-state index contributed by atoms with van der Waals surface area (Å²) in [5.74, 6) is 0.655. The summed E-state index contributed by atoms with van der Waals surface area (Å²) in [5, 5.41) is 3.29. The predicted molar refractivity (Wildman–Crippen MR) is 79.3 cm³/mol. The minimum Gasteiger partial charge on any atom is -0.475 e. The first kappa shape index (κ1) is 13.8. The lowest BCUT2D eigenvalue weighted by Gasteiger charge is -2.09. The van der Waals surface area contributed by atoms with E-state index in [0.717, 1.165) is 15.7 Å². The molecular weight excluding hydrogens is 306 g/mol. The van der Waals surface area contributed by atoms with Crippen LogP contribution in [0.1, 0.15) is 19.4 Å². The van der Waals surface area contributed by atoms with E-state index in [9.17, 15) is 0 Å². The van der Waals surface area contributed by atoms with E-state index in [0.29, 0.717) is 12.4 Å². The number of rotatable bonds is 5. The Labute approximate surface area is 121 Å². The molecule has 2 rings (SSSR count). The quantitative estimate of drug-likeness (QED) is 0.913. The summed E-state index contributed by atoms with van der Waals surface area (Å²) in [7, 11) is 0. The van der Waals surface area contributed by atoms with Crippen LogP contribution in [0.2, 0.25) is 0 Å². The van der Waals surface area contributed by atoms with Gasteiger partial charge in [-0.15, -0.1) is 0 Å². The Morgan fingerprint density at radius 3 is 2.74 bits per heavy atom. The summed E-state index contributed by atoms with van der Waals surface area (Å²) in [4.78, 5) is 8.36. The van der Waals surface area contributed by atoms with Crippen molar-refractivity contribution >= 4 is 21.6 Å². The zero-order chi connectivity index (χ0) is 13.7. The molecule has 2 heterocycles. The summed E-state index contributed by atoms with van der Waals surface area (Å²) >= 11 is 3.39. The van der Waals surface area contributed by atoms with E-state index in [4.69, 9.17) is 4.74 Å². The predicted octanol–water partition coefficient (Wildman–Crippen LogP) is 3.64. The van der Waals surface area contributed by atoms with Gasteiger partial charge in [0.1, 0.15) is 0 Å². The molecule has 1 N–H and O–H groups in total. The summed E-state index contributed by atoms with van der Waals surface area (Å²) < 4.78 is 6.45. The molecule has 0 aliphatic heterocycles. The zero-order valence-electron chi connectivity index (χ0n) is 10.9. The van der Waals surface area contributed by atoms with Crippen LogP contribution in [0, 0.1) is 0 Å². The molecular formula is C14H16BrN3O. The van der Waals surface area contributed by atoms with Crippen molar-refractivity contribution in [3.8, 4) is 5.88 Å². The molecule has 2 aromatic heterocycles. The van der Waals surface area contributed by atoms with Gasteiger partial charge in [-0.25, -0.2) is 4.98 Å². The first-order valence-corrected chi connectivity index (χ1v) is 6.89. The number of hydrogen-bond acceptors (Lipinski definition) is 4. The van der Waals surface area contributed by atoms with Crippen molar-refractivity contribution in [2.75, 3.05) is 5.32 Å². The minimum absolute atomic E-state index is 0.143. The molecule has 0 unspecified atom stereocenters. The lowest BCUT2D eigenvalue weighted by Crippen LogP contribution is -2.07. The van der Waals surface area contributed by atoms with Crippen LogP contribution >= 0.6 is 15.9 Å². The van der Waals surface area contributed by atoms with Crippen LogP contribution in [0.3, 0.4) is 0 Å². The number of hydrogen-bond donors (Lipinski definition) is 1. The SMILES string of the molecule is CC(C)Oc1ccc(CNc2cncc(Br)c2)cn1. The van der Waals surface area contributed by atoms with Gasteiger partial charge >= 0.3 is 0 Å². The van der Waals surface area contributed by atoms with E-state index in [1.807, 2.05) is 38.2 Å². The summed E-state index contributed by atoms with van der Waals surface area (Å²) in [5.41, 5.74) is 2.06. The minimum atomic E-state index is 0.143. The second kappa shape index (κ2) is 6.52. The molecule has 0 radical (unpaired) electrons. The Hall–Kier alpha value is -1.62. The van der Waals surface area contributed by atoms with Gasteiger partial charge in [0, 0.05) is 29.5 Å². The lowest BCUT2D eigenvalue weighted by molar-refractivity contribution is 0.232. The maximum Gasteiger partial charge on any atom is 0.213 e. The number of pyridine rings is 2. The number of ether oxygens (including phenoxy) is 1. The molecule has 0 saturated carbocycles. The first-order valence-electron chi connectivity index (χ1n) is 6.09. The van der Waals surface area contributed by atoms with Crippen LogP contribution in [-0.4, -0.2) is 16.1 Å². The number of nitrogens with one attached hydrogen (secondary N) is 1. The second-order valence-electron chi connectivity index (χ2n) is 4.42. The van der Waals surface area contributed by atoms with Gasteiger partial charge in [-0.1, -0.05) is 6.07 Å². The summed E-state index contributed by atoms with van der Waals surface area (Å²) in [6.45, 7) is 4.67. The third-order valence-corrected chi connectivity index (χ3v) is 2.79. The van der Waals surface area contributed by atoms with Crippen molar-refractivity contribution < 1.29 is 4.74 Å². The first-order chi connectivity index (χ1) is 9.13. The summed E-state index contributed by atoms with van der Waals surface area (Å²) in [6, 6.07) is 5.87. The molecule has 0 spiro atoms. The van der Waals surface area contributed by atoms with Crippen molar-refractivity contribution in [1.82, 2.24) is 9.97 Å². The van der Waals surface area contributed by atoms with E-state index in [1.165, 1.54) is 0 Å². The topological polar surface area (TPSA) is 47.0 Å². The Kier molecular flexibility index (Phi) is 4.74. The van der Waals surface area contributed by atoms with E-state index in [-0.39, 0.29) is 6.10 Å². The maximum absolute atomic E-state index is 5.50. The van der Waals surface area contributed by atoms with Gasteiger partial charge in [0.05, 0.1) is 18.0 Å². The number of halogens is 1. The van der Waals surface area contributed by atoms with Gasteiger partial charge < -0.3 is 10.1 Å². The summed E-state index contributed by atoms with van der Waals surface area (Å²) in [6.07, 6.45) is 5.50. The monoisotopic (exact) mass is 321 g/mol. The second-order valence-corrected chi connectivity index (χ2v) is 5.33. The molecule has 0 amide bonds. The fourth-order valence-corrected chi connectivity index (χ4v) is 1.90. The Morgan fingerprint density at radius 1 is 1.26 bits per heavy atom. The number of nitrogens with zero attached hydrogens (tertiary/aromatic N) is 2. The molecule has 19 heavy (non-hydrogen) atoms. The third kappa shape index (κ3) is 4.52. The van der Waals surface area contributed by atoms with E-state index in [1.54, 1.807) is 12.4 Å². The highest BCUT2D eigenvalue weighted by Crippen LogP contribution is 2.15. The molecule has 5 heteroatoms. The standard InChI is InChI=1S/C14H16BrN3O/c1-10(2)19-14-4-3-11(7-18-14)6-17-13-5-12(15)8-16-9-13/h3-5,7-10,17H,6H2,1-2H3. The normalized spacial score (nSPS) is 10.5. The Balaban J connectivity index is 1.93. The van der Waals surface area contributed by atoms with Gasteiger partial charge in [0.15, 0.2) is 0 Å². The van der Waals surface area contributed by atoms with Gasteiger partial charge in [-0.2, -0.15) is 0 Å². The fourth-order valence-electron chi connectivity index (χ4n) is 1.54. The highest BCUT2D eigenvalue weighted by Gasteiger charge is 2.00. The average molecular weight is 322 g/mol. The van der Waals surface area contributed by atoms with Crippen LogP contribution in [0.5, 0.6) is 5.88 Å². The number of aromatic nitrogens is 2. The van der Waals surface area contributed by atoms with Crippen molar-refractivity contribution in [3.63, 3.8) is 0 Å². The van der Waals surface area contributed by atoms with E-state index >= 15 is 0 Å². The van der Waals surface area contributed by atoms with Crippen molar-refractivity contribution in [3.05, 3.63) is 46.8 Å². The lowest BCUT2D eigenvalue weighted by atomic mass is 10.3. The maximum atomic E-state index is 5.50. The van der Waals surface area contributed by atoms with Gasteiger partial charge in [0.25, 0.3) is 0 Å². The zero-order valence-corrected chi connectivity index (χ0v) is 12.5. The third-order valence-electron chi connectivity index (χ3n) is 2.36. The van der Waals surface area contributed by atoms with E-state index < -0.39 is 0 Å². The molecule has 2 aromatic rings. The Bertz CT molecular complexity index is 528. The molecule has 100 valence electrons. The molecule has 0 aliphatic rings. The molecule has 0 fully saturated rings. The average Bonchev–Trinajstić information content (AvgIpc) is 2.37. The highest BCUT2D eigenvalue weighted by atomic mass is 79.9. The van der Waals surface area contributed by atoms with Crippen molar-refractivity contribution in [1.29, 1.82) is 0 Å².